The minimum Gasteiger partial charge on any atom is -0.295 e. The lowest BCUT2D eigenvalue weighted by atomic mass is 9.99. The number of carbonyl (C=O) groups excluding carboxylic acids is 2. The van der Waals surface area contributed by atoms with Gasteiger partial charge in [0.1, 0.15) is 0 Å². The quantitative estimate of drug-likeness (QED) is 0.548. The Morgan fingerprint density at radius 3 is 2.33 bits per heavy atom. The number of benzene rings is 1. The van der Waals surface area contributed by atoms with Crippen molar-refractivity contribution in [2.24, 2.45) is 7.05 Å². The van der Waals surface area contributed by atoms with Gasteiger partial charge in [0.15, 0.2) is 5.13 Å². The van der Waals surface area contributed by atoms with Crippen molar-refractivity contribution in [2.75, 3.05) is 5.32 Å². The maximum absolute atomic E-state index is 12.5. The Morgan fingerprint density at radius 1 is 1.04 bits per heavy atom. The Labute approximate surface area is 162 Å². The number of amides is 1. The van der Waals surface area contributed by atoms with E-state index in [4.69, 9.17) is 0 Å². The SMILES string of the molecule is Cc1cc(C)c(-c2csc(NC(=O)C(=O)c3c(C)nn(C)c3C)n2)cc1C. The van der Waals surface area contributed by atoms with Crippen LogP contribution in [0.5, 0.6) is 0 Å². The molecule has 2 aromatic heterocycles. The number of Topliss-reactive ketones (excluding diaryl/α,β-unsaturated/α-hetero) is 1. The Kier molecular flexibility index (Phi) is 4.97. The smallest absolute Gasteiger partial charge is 0.295 e. The molecule has 1 N–H and O–H groups in total. The lowest BCUT2D eigenvalue weighted by molar-refractivity contribution is -0.112. The van der Waals surface area contributed by atoms with Gasteiger partial charge in [-0.1, -0.05) is 6.07 Å². The molecular weight excluding hydrogens is 360 g/mol. The van der Waals surface area contributed by atoms with Crippen LogP contribution in [0.3, 0.4) is 0 Å². The fourth-order valence-electron chi connectivity index (χ4n) is 3.06. The van der Waals surface area contributed by atoms with E-state index in [0.29, 0.717) is 22.1 Å². The van der Waals surface area contributed by atoms with Crippen molar-refractivity contribution >= 4 is 28.2 Å². The molecule has 0 spiro atoms. The second-order valence-corrected chi connectivity index (χ2v) is 7.60. The predicted molar refractivity (Wildman–Crippen MR) is 107 cm³/mol. The first kappa shape index (κ1) is 19.0. The molecule has 0 aliphatic rings. The zero-order valence-corrected chi connectivity index (χ0v) is 17.1. The molecule has 0 unspecified atom stereocenters. The Balaban J connectivity index is 1.83. The van der Waals surface area contributed by atoms with Crippen LogP contribution in [-0.4, -0.2) is 26.5 Å². The molecule has 0 fully saturated rings. The molecule has 0 atom stereocenters. The van der Waals surface area contributed by atoms with Gasteiger partial charge in [-0.05, 0) is 57.4 Å². The van der Waals surface area contributed by atoms with Gasteiger partial charge < -0.3 is 0 Å². The molecule has 0 aliphatic heterocycles. The number of anilines is 1. The summed E-state index contributed by atoms with van der Waals surface area (Å²) in [6.07, 6.45) is 0. The summed E-state index contributed by atoms with van der Waals surface area (Å²) in [6.45, 7) is 9.66. The zero-order valence-electron chi connectivity index (χ0n) is 16.3. The third-order valence-corrected chi connectivity index (χ3v) is 5.54. The van der Waals surface area contributed by atoms with Crippen molar-refractivity contribution in [3.05, 3.63) is 51.2 Å². The van der Waals surface area contributed by atoms with Crippen molar-refractivity contribution in [3.8, 4) is 11.3 Å². The first-order chi connectivity index (χ1) is 12.7. The molecule has 0 saturated carbocycles. The van der Waals surface area contributed by atoms with Crippen LogP contribution < -0.4 is 5.32 Å². The topological polar surface area (TPSA) is 76.9 Å². The average Bonchev–Trinajstić information content (AvgIpc) is 3.15. The summed E-state index contributed by atoms with van der Waals surface area (Å²) in [5.74, 6) is -1.30. The van der Waals surface area contributed by atoms with Gasteiger partial charge in [0.25, 0.3) is 11.7 Å². The van der Waals surface area contributed by atoms with Crippen molar-refractivity contribution in [2.45, 2.75) is 34.6 Å². The first-order valence-corrected chi connectivity index (χ1v) is 9.46. The van der Waals surface area contributed by atoms with Gasteiger partial charge >= 0.3 is 0 Å². The summed E-state index contributed by atoms with van der Waals surface area (Å²) < 4.78 is 1.60. The number of aryl methyl sites for hydroxylation is 5. The van der Waals surface area contributed by atoms with E-state index in [9.17, 15) is 9.59 Å². The maximum atomic E-state index is 12.5. The molecule has 140 valence electrons. The number of aromatic nitrogens is 3. The van der Waals surface area contributed by atoms with Crippen LogP contribution in [0.25, 0.3) is 11.3 Å². The molecule has 0 bridgehead atoms. The van der Waals surface area contributed by atoms with Crippen LogP contribution in [0.15, 0.2) is 17.5 Å². The van der Waals surface area contributed by atoms with E-state index in [1.807, 2.05) is 12.3 Å². The molecule has 0 radical (unpaired) electrons. The van der Waals surface area contributed by atoms with Gasteiger partial charge in [0.05, 0.1) is 17.0 Å². The second kappa shape index (κ2) is 7.08. The van der Waals surface area contributed by atoms with Crippen molar-refractivity contribution < 1.29 is 9.59 Å². The number of rotatable bonds is 4. The second-order valence-electron chi connectivity index (χ2n) is 6.74. The van der Waals surface area contributed by atoms with E-state index in [2.05, 4.69) is 41.4 Å². The molecule has 0 aliphatic carbocycles. The fraction of sp³-hybridized carbons (Fsp3) is 0.300. The number of hydrogen-bond donors (Lipinski definition) is 1. The molecule has 3 aromatic rings. The molecular formula is C20H22N4O2S. The largest absolute Gasteiger partial charge is 0.298 e. The van der Waals surface area contributed by atoms with Crippen LogP contribution >= 0.6 is 11.3 Å². The van der Waals surface area contributed by atoms with Gasteiger partial charge in [0.2, 0.25) is 0 Å². The number of nitrogens with zero attached hydrogens (tertiary/aromatic N) is 3. The summed E-state index contributed by atoms with van der Waals surface area (Å²) >= 11 is 1.30. The molecule has 0 saturated heterocycles. The van der Waals surface area contributed by atoms with Gasteiger partial charge in [-0.2, -0.15) is 5.10 Å². The van der Waals surface area contributed by atoms with E-state index in [1.54, 1.807) is 25.6 Å². The summed E-state index contributed by atoms with van der Waals surface area (Å²) in [5.41, 5.74) is 6.91. The highest BCUT2D eigenvalue weighted by Crippen LogP contribution is 2.29. The van der Waals surface area contributed by atoms with Crippen molar-refractivity contribution in [3.63, 3.8) is 0 Å². The van der Waals surface area contributed by atoms with Crippen LogP contribution in [0.4, 0.5) is 5.13 Å². The van der Waals surface area contributed by atoms with E-state index in [0.717, 1.165) is 16.8 Å². The number of carbonyl (C=O) groups is 2. The minimum absolute atomic E-state index is 0.344. The number of hydrogen-bond acceptors (Lipinski definition) is 5. The third-order valence-electron chi connectivity index (χ3n) is 4.78. The summed E-state index contributed by atoms with van der Waals surface area (Å²) in [5, 5.41) is 9.10. The highest BCUT2D eigenvalue weighted by atomic mass is 32.1. The Bertz CT molecular complexity index is 1060. The van der Waals surface area contributed by atoms with Crippen LogP contribution in [0.1, 0.15) is 38.4 Å². The molecule has 1 aromatic carbocycles. The lowest BCUT2D eigenvalue weighted by Gasteiger charge is -2.07. The van der Waals surface area contributed by atoms with Gasteiger partial charge in [-0.3, -0.25) is 19.6 Å². The number of thiazole rings is 1. The van der Waals surface area contributed by atoms with E-state index >= 15 is 0 Å². The van der Waals surface area contributed by atoms with E-state index in [1.165, 1.54) is 22.5 Å². The highest BCUT2D eigenvalue weighted by molar-refractivity contribution is 7.14. The Morgan fingerprint density at radius 2 is 1.70 bits per heavy atom. The maximum Gasteiger partial charge on any atom is 0.298 e. The highest BCUT2D eigenvalue weighted by Gasteiger charge is 2.24. The number of ketones is 1. The van der Waals surface area contributed by atoms with Gasteiger partial charge in [0, 0.05) is 23.7 Å². The monoisotopic (exact) mass is 382 g/mol. The van der Waals surface area contributed by atoms with Crippen LogP contribution in [-0.2, 0) is 11.8 Å². The van der Waals surface area contributed by atoms with Crippen molar-refractivity contribution in [1.82, 2.24) is 14.8 Å². The molecule has 6 nitrogen and oxygen atoms in total. The van der Waals surface area contributed by atoms with Crippen LogP contribution in [0.2, 0.25) is 0 Å². The average molecular weight is 382 g/mol. The molecule has 1 amide bonds. The third kappa shape index (κ3) is 3.55. The van der Waals surface area contributed by atoms with Crippen LogP contribution in [0, 0.1) is 34.6 Å². The minimum atomic E-state index is -0.702. The molecule has 7 heteroatoms. The Hall–Kier alpha value is -2.80. The van der Waals surface area contributed by atoms with Crippen molar-refractivity contribution in [1.29, 1.82) is 0 Å². The van der Waals surface area contributed by atoms with Gasteiger partial charge in [-0.15, -0.1) is 11.3 Å². The summed E-state index contributed by atoms with van der Waals surface area (Å²) in [7, 11) is 1.75. The van der Waals surface area contributed by atoms with Gasteiger partial charge in [-0.25, -0.2) is 4.98 Å². The standard InChI is InChI=1S/C20H22N4O2S/c1-10-7-12(3)15(8-11(10)2)16-9-27-20(21-16)22-19(26)18(25)17-13(4)23-24(6)14(17)5/h7-9H,1-6H3,(H,21,22,26). The predicted octanol–water partition coefficient (Wildman–Crippen LogP) is 3.91. The fourth-order valence-corrected chi connectivity index (χ4v) is 3.77. The molecule has 3 rings (SSSR count). The normalized spacial score (nSPS) is 10.9. The summed E-state index contributed by atoms with van der Waals surface area (Å²) in [6, 6.07) is 4.22. The summed E-state index contributed by atoms with van der Waals surface area (Å²) in [4.78, 5) is 29.4. The number of nitrogens with one attached hydrogen (secondary N) is 1. The van der Waals surface area contributed by atoms with E-state index < -0.39 is 11.7 Å². The van der Waals surface area contributed by atoms with E-state index in [-0.39, 0.29) is 0 Å². The first-order valence-electron chi connectivity index (χ1n) is 8.58. The lowest BCUT2D eigenvalue weighted by Crippen LogP contribution is -2.23. The zero-order chi connectivity index (χ0) is 19.9. The molecule has 27 heavy (non-hydrogen) atoms. The molecule has 2 heterocycles.